The number of hydrogen-bond acceptors (Lipinski definition) is 4. The first-order chi connectivity index (χ1) is 10.2. The summed E-state index contributed by atoms with van der Waals surface area (Å²) >= 11 is 12.1. The lowest BCUT2D eigenvalue weighted by atomic mass is 10.2. The minimum absolute atomic E-state index is 0.486. The van der Waals surface area contributed by atoms with Crippen molar-refractivity contribution in [2.45, 2.75) is 6.54 Å². The quantitative estimate of drug-likeness (QED) is 0.760. The van der Waals surface area contributed by atoms with Gasteiger partial charge in [-0.1, -0.05) is 29.3 Å². The van der Waals surface area contributed by atoms with E-state index in [9.17, 15) is 0 Å². The van der Waals surface area contributed by atoms with Gasteiger partial charge in [0.25, 0.3) is 0 Å². The van der Waals surface area contributed by atoms with E-state index in [0.29, 0.717) is 22.5 Å². The molecule has 1 N–H and O–H groups in total. The molecule has 0 unspecified atom stereocenters. The van der Waals surface area contributed by atoms with Gasteiger partial charge in [-0.15, -0.1) is 10.2 Å². The summed E-state index contributed by atoms with van der Waals surface area (Å²) in [7, 11) is 0. The molecule has 0 saturated heterocycles. The lowest BCUT2D eigenvalue weighted by Crippen LogP contribution is -2.00. The average Bonchev–Trinajstić information content (AvgIpc) is 3.03. The Morgan fingerprint density at radius 2 is 2.00 bits per heavy atom. The number of nitrogens with zero attached hydrogens (tertiary/aromatic N) is 2. The first-order valence-corrected chi connectivity index (χ1v) is 7.02. The molecule has 0 atom stereocenters. The second-order valence-electron chi connectivity index (χ2n) is 4.41. The van der Waals surface area contributed by atoms with E-state index in [1.165, 1.54) is 6.39 Å². The molecule has 106 valence electrons. The van der Waals surface area contributed by atoms with Gasteiger partial charge in [-0.2, -0.15) is 0 Å². The summed E-state index contributed by atoms with van der Waals surface area (Å²) in [5.41, 5.74) is 2.73. The number of anilines is 1. The molecule has 1 heterocycles. The number of halogens is 2. The molecule has 3 aromatic rings. The lowest BCUT2D eigenvalue weighted by Gasteiger charge is -2.09. The van der Waals surface area contributed by atoms with Crippen LogP contribution in [-0.2, 0) is 6.54 Å². The van der Waals surface area contributed by atoms with Crippen molar-refractivity contribution in [2.24, 2.45) is 0 Å². The molecule has 0 fully saturated rings. The summed E-state index contributed by atoms with van der Waals surface area (Å²) < 4.78 is 5.18. The molecule has 4 nitrogen and oxygen atoms in total. The van der Waals surface area contributed by atoms with Gasteiger partial charge in [-0.3, -0.25) is 0 Å². The van der Waals surface area contributed by atoms with E-state index >= 15 is 0 Å². The molecule has 6 heteroatoms. The summed E-state index contributed by atoms with van der Waals surface area (Å²) in [5.74, 6) is 0.486. The Labute approximate surface area is 131 Å². The summed E-state index contributed by atoms with van der Waals surface area (Å²) in [6.45, 7) is 0.576. The highest BCUT2D eigenvalue weighted by atomic mass is 35.5. The Morgan fingerprint density at radius 3 is 2.81 bits per heavy atom. The lowest BCUT2D eigenvalue weighted by molar-refractivity contribution is 0.568. The molecule has 1 aromatic heterocycles. The highest BCUT2D eigenvalue weighted by Crippen LogP contribution is 2.23. The Morgan fingerprint density at radius 1 is 1.10 bits per heavy atom. The zero-order valence-electron chi connectivity index (χ0n) is 10.9. The van der Waals surface area contributed by atoms with Crippen molar-refractivity contribution in [1.82, 2.24) is 10.2 Å². The van der Waals surface area contributed by atoms with Gasteiger partial charge in [0.2, 0.25) is 12.3 Å². The van der Waals surface area contributed by atoms with Gasteiger partial charge < -0.3 is 9.73 Å². The molecular formula is C15H11Cl2N3O. The number of rotatable bonds is 4. The van der Waals surface area contributed by atoms with E-state index in [0.717, 1.165) is 16.8 Å². The van der Waals surface area contributed by atoms with Crippen LogP contribution in [0.1, 0.15) is 5.56 Å². The number of benzene rings is 2. The Bertz CT molecular complexity index is 744. The van der Waals surface area contributed by atoms with E-state index in [1.54, 1.807) is 12.1 Å². The standard InChI is InChI=1S/C15H11Cl2N3O/c16-12-4-5-14(17)11(6-12)8-18-13-3-1-2-10(7-13)15-20-19-9-21-15/h1-7,9,18H,8H2. The topological polar surface area (TPSA) is 51.0 Å². The Hall–Kier alpha value is -2.04. The van der Waals surface area contributed by atoms with E-state index < -0.39 is 0 Å². The predicted molar refractivity (Wildman–Crippen MR) is 83.5 cm³/mol. The minimum atomic E-state index is 0.486. The van der Waals surface area contributed by atoms with E-state index in [2.05, 4.69) is 15.5 Å². The summed E-state index contributed by atoms with van der Waals surface area (Å²) in [6, 6.07) is 13.1. The van der Waals surface area contributed by atoms with Crippen LogP contribution in [0.25, 0.3) is 11.5 Å². The Kier molecular flexibility index (Phi) is 4.08. The molecular weight excluding hydrogens is 309 g/mol. The van der Waals surface area contributed by atoms with Crippen LogP contribution >= 0.6 is 23.2 Å². The van der Waals surface area contributed by atoms with Gasteiger partial charge in [-0.25, -0.2) is 0 Å². The van der Waals surface area contributed by atoms with Crippen molar-refractivity contribution in [3.63, 3.8) is 0 Å². The second-order valence-corrected chi connectivity index (χ2v) is 5.26. The van der Waals surface area contributed by atoms with Gasteiger partial charge >= 0.3 is 0 Å². The largest absolute Gasteiger partial charge is 0.423 e. The van der Waals surface area contributed by atoms with Gasteiger partial charge in [0, 0.05) is 27.8 Å². The highest BCUT2D eigenvalue weighted by Gasteiger charge is 2.05. The molecule has 0 aliphatic heterocycles. The third-order valence-electron chi connectivity index (χ3n) is 2.96. The SMILES string of the molecule is Clc1ccc(Cl)c(CNc2cccc(-c3nnco3)c2)c1. The molecule has 0 aliphatic rings. The van der Waals surface area contributed by atoms with Gasteiger partial charge in [0.1, 0.15) is 0 Å². The molecule has 0 spiro atoms. The number of nitrogens with one attached hydrogen (secondary N) is 1. The normalized spacial score (nSPS) is 10.6. The van der Waals surface area contributed by atoms with Crippen molar-refractivity contribution in [3.05, 3.63) is 64.5 Å². The smallest absolute Gasteiger partial charge is 0.247 e. The molecule has 21 heavy (non-hydrogen) atoms. The summed E-state index contributed by atoms with van der Waals surface area (Å²) in [5, 5.41) is 12.2. The van der Waals surface area contributed by atoms with Crippen LogP contribution in [0.4, 0.5) is 5.69 Å². The van der Waals surface area contributed by atoms with Crippen LogP contribution in [0.5, 0.6) is 0 Å². The van der Waals surface area contributed by atoms with Crippen molar-refractivity contribution in [1.29, 1.82) is 0 Å². The molecule has 0 amide bonds. The predicted octanol–water partition coefficient (Wildman–Crippen LogP) is 4.66. The maximum absolute atomic E-state index is 6.14. The number of aromatic nitrogens is 2. The third kappa shape index (κ3) is 3.35. The van der Waals surface area contributed by atoms with Gasteiger partial charge in [-0.05, 0) is 42.0 Å². The van der Waals surface area contributed by atoms with Crippen LogP contribution < -0.4 is 5.32 Å². The van der Waals surface area contributed by atoms with Gasteiger partial charge in [0.05, 0.1) is 0 Å². The van der Waals surface area contributed by atoms with Crippen LogP contribution in [-0.4, -0.2) is 10.2 Å². The molecule has 0 saturated carbocycles. The van der Waals surface area contributed by atoms with Crippen molar-refractivity contribution >= 4 is 28.9 Å². The fraction of sp³-hybridized carbons (Fsp3) is 0.0667. The monoisotopic (exact) mass is 319 g/mol. The Balaban J connectivity index is 1.76. The van der Waals surface area contributed by atoms with Crippen LogP contribution in [0, 0.1) is 0 Å². The van der Waals surface area contributed by atoms with Gasteiger partial charge in [0.15, 0.2) is 0 Å². The number of hydrogen-bond donors (Lipinski definition) is 1. The first kappa shape index (κ1) is 13.9. The summed E-state index contributed by atoms with van der Waals surface area (Å²) in [4.78, 5) is 0. The minimum Gasteiger partial charge on any atom is -0.423 e. The fourth-order valence-electron chi connectivity index (χ4n) is 1.94. The third-order valence-corrected chi connectivity index (χ3v) is 3.56. The molecule has 0 radical (unpaired) electrons. The van der Waals surface area contributed by atoms with E-state index in [4.69, 9.17) is 27.6 Å². The fourth-order valence-corrected chi connectivity index (χ4v) is 2.32. The molecule has 2 aromatic carbocycles. The van der Waals surface area contributed by atoms with Crippen LogP contribution in [0.15, 0.2) is 53.3 Å². The molecule has 3 rings (SSSR count). The van der Waals surface area contributed by atoms with E-state index in [-0.39, 0.29) is 0 Å². The average molecular weight is 320 g/mol. The second kappa shape index (κ2) is 6.16. The van der Waals surface area contributed by atoms with Crippen molar-refractivity contribution < 1.29 is 4.42 Å². The van der Waals surface area contributed by atoms with Crippen molar-refractivity contribution in [3.8, 4) is 11.5 Å². The first-order valence-electron chi connectivity index (χ1n) is 6.27. The maximum atomic E-state index is 6.14. The maximum Gasteiger partial charge on any atom is 0.247 e. The van der Waals surface area contributed by atoms with Crippen LogP contribution in [0.2, 0.25) is 10.0 Å². The van der Waals surface area contributed by atoms with Crippen molar-refractivity contribution in [2.75, 3.05) is 5.32 Å². The molecule has 0 bridgehead atoms. The zero-order chi connectivity index (χ0) is 14.7. The molecule has 0 aliphatic carbocycles. The highest BCUT2D eigenvalue weighted by molar-refractivity contribution is 6.33. The van der Waals surface area contributed by atoms with Crippen LogP contribution in [0.3, 0.4) is 0 Å². The summed E-state index contributed by atoms with van der Waals surface area (Å²) in [6.07, 6.45) is 1.31. The zero-order valence-corrected chi connectivity index (χ0v) is 12.4. The van der Waals surface area contributed by atoms with E-state index in [1.807, 2.05) is 30.3 Å².